The van der Waals surface area contributed by atoms with Crippen LogP contribution in [0, 0.1) is 0 Å². The number of rotatable bonds is 7. The lowest BCUT2D eigenvalue weighted by molar-refractivity contribution is -0.115. The van der Waals surface area contributed by atoms with Gasteiger partial charge in [-0.15, -0.1) is 10.2 Å². The smallest absolute Gasteiger partial charge is 0.237 e. The molecule has 2 N–H and O–H groups in total. The Bertz CT molecular complexity index is 984. The lowest BCUT2D eigenvalue weighted by atomic mass is 10.3. The molecule has 0 radical (unpaired) electrons. The molecule has 0 aliphatic heterocycles. The third kappa shape index (κ3) is 5.29. The SMILES string of the molecule is COc1cccc(Nc2nnc(SC(C)C(=O)Nc3cccc(Cl)c3Cl)s2)c1. The summed E-state index contributed by atoms with van der Waals surface area (Å²) in [5.41, 5.74) is 1.32. The number of hydrogen-bond acceptors (Lipinski definition) is 7. The normalized spacial score (nSPS) is 11.7. The number of nitrogens with zero attached hydrogens (tertiary/aromatic N) is 2. The van der Waals surface area contributed by atoms with Crippen molar-refractivity contribution in [2.75, 3.05) is 17.7 Å². The zero-order chi connectivity index (χ0) is 20.1. The lowest BCUT2D eigenvalue weighted by Crippen LogP contribution is -2.22. The van der Waals surface area contributed by atoms with E-state index in [9.17, 15) is 4.79 Å². The topological polar surface area (TPSA) is 76.1 Å². The van der Waals surface area contributed by atoms with Crippen LogP contribution >= 0.6 is 46.3 Å². The fourth-order valence-corrected chi connectivity index (χ4v) is 4.44. The summed E-state index contributed by atoms with van der Waals surface area (Å²) < 4.78 is 5.87. The van der Waals surface area contributed by atoms with Crippen LogP contribution in [0.4, 0.5) is 16.5 Å². The van der Waals surface area contributed by atoms with E-state index in [2.05, 4.69) is 20.8 Å². The Morgan fingerprint density at radius 3 is 2.79 bits per heavy atom. The number of anilines is 3. The van der Waals surface area contributed by atoms with Crippen LogP contribution in [-0.4, -0.2) is 28.5 Å². The van der Waals surface area contributed by atoms with Gasteiger partial charge >= 0.3 is 0 Å². The summed E-state index contributed by atoms with van der Waals surface area (Å²) in [6.45, 7) is 1.79. The van der Waals surface area contributed by atoms with Crippen LogP contribution in [0.25, 0.3) is 0 Å². The van der Waals surface area contributed by atoms with Crippen molar-refractivity contribution in [3.8, 4) is 5.75 Å². The van der Waals surface area contributed by atoms with Gasteiger partial charge in [0.05, 0.1) is 28.1 Å². The number of amides is 1. The fraction of sp³-hybridized carbons (Fsp3) is 0.167. The zero-order valence-corrected chi connectivity index (χ0v) is 18.0. The Balaban J connectivity index is 1.60. The molecular weight excluding hydrogens is 439 g/mol. The van der Waals surface area contributed by atoms with Gasteiger partial charge in [-0.25, -0.2) is 0 Å². The van der Waals surface area contributed by atoms with Crippen molar-refractivity contribution >= 4 is 68.7 Å². The summed E-state index contributed by atoms with van der Waals surface area (Å²) in [7, 11) is 1.61. The number of carbonyl (C=O) groups excluding carboxylic acids is 1. The first-order valence-corrected chi connectivity index (χ1v) is 10.6. The first-order valence-electron chi connectivity index (χ1n) is 8.12. The van der Waals surface area contributed by atoms with Crippen LogP contribution in [0.15, 0.2) is 46.8 Å². The van der Waals surface area contributed by atoms with Gasteiger partial charge in [0.1, 0.15) is 5.75 Å². The van der Waals surface area contributed by atoms with Crippen molar-refractivity contribution in [3.05, 3.63) is 52.5 Å². The van der Waals surface area contributed by atoms with Gasteiger partial charge in [-0.3, -0.25) is 4.79 Å². The minimum atomic E-state index is -0.396. The number of carbonyl (C=O) groups is 1. The predicted molar refractivity (Wildman–Crippen MR) is 117 cm³/mol. The predicted octanol–water partition coefficient (Wildman–Crippen LogP) is 5.72. The first-order chi connectivity index (χ1) is 13.5. The average Bonchev–Trinajstić information content (AvgIpc) is 3.12. The summed E-state index contributed by atoms with van der Waals surface area (Å²) in [5, 5.41) is 15.1. The molecule has 1 amide bonds. The van der Waals surface area contributed by atoms with Crippen LogP contribution < -0.4 is 15.4 Å². The Morgan fingerprint density at radius 1 is 1.21 bits per heavy atom. The molecule has 1 aromatic heterocycles. The number of thioether (sulfide) groups is 1. The monoisotopic (exact) mass is 454 g/mol. The van der Waals surface area contributed by atoms with Gasteiger partial charge in [-0.1, -0.05) is 58.4 Å². The van der Waals surface area contributed by atoms with E-state index in [0.717, 1.165) is 11.4 Å². The first kappa shape index (κ1) is 20.7. The second-order valence-electron chi connectivity index (χ2n) is 5.58. The van der Waals surface area contributed by atoms with E-state index >= 15 is 0 Å². The van der Waals surface area contributed by atoms with Crippen LogP contribution in [0.5, 0.6) is 5.75 Å². The van der Waals surface area contributed by atoms with Gasteiger partial charge in [0, 0.05) is 11.8 Å². The molecule has 0 spiro atoms. The number of halogens is 2. The van der Waals surface area contributed by atoms with Crippen molar-refractivity contribution in [2.45, 2.75) is 16.5 Å². The number of methoxy groups -OCH3 is 1. The molecular formula is C18H16Cl2N4O2S2. The third-order valence-electron chi connectivity index (χ3n) is 3.58. The van der Waals surface area contributed by atoms with E-state index < -0.39 is 5.25 Å². The molecule has 146 valence electrons. The highest BCUT2D eigenvalue weighted by Crippen LogP contribution is 2.33. The average molecular weight is 455 g/mol. The molecule has 6 nitrogen and oxygen atoms in total. The molecule has 0 fully saturated rings. The maximum absolute atomic E-state index is 12.4. The van der Waals surface area contributed by atoms with Gasteiger partial charge in [0.2, 0.25) is 11.0 Å². The number of aromatic nitrogens is 2. The van der Waals surface area contributed by atoms with E-state index in [1.54, 1.807) is 32.2 Å². The van der Waals surface area contributed by atoms with Gasteiger partial charge in [0.25, 0.3) is 0 Å². The largest absolute Gasteiger partial charge is 0.497 e. The molecule has 0 aliphatic carbocycles. The molecule has 1 atom stereocenters. The quantitative estimate of drug-likeness (QED) is 0.444. The Kier molecular flexibility index (Phi) is 7.01. The summed E-state index contributed by atoms with van der Waals surface area (Å²) >= 11 is 14.8. The van der Waals surface area contributed by atoms with Gasteiger partial charge in [-0.2, -0.15) is 0 Å². The zero-order valence-electron chi connectivity index (χ0n) is 14.9. The summed E-state index contributed by atoms with van der Waals surface area (Å²) in [5.74, 6) is 0.542. The minimum absolute atomic E-state index is 0.202. The highest BCUT2D eigenvalue weighted by atomic mass is 35.5. The van der Waals surface area contributed by atoms with Crippen molar-refractivity contribution in [1.29, 1.82) is 0 Å². The second kappa shape index (κ2) is 9.47. The molecule has 0 bridgehead atoms. The van der Waals surface area contributed by atoms with Crippen LogP contribution in [0.1, 0.15) is 6.92 Å². The highest BCUT2D eigenvalue weighted by molar-refractivity contribution is 8.02. The standard InChI is InChI=1S/C18H16Cl2N4O2S2/c1-10(16(25)22-14-8-4-7-13(19)15(14)20)27-18-24-23-17(28-18)21-11-5-3-6-12(9-11)26-2/h3-10H,1-2H3,(H,21,23)(H,22,25). The Morgan fingerprint density at radius 2 is 2.00 bits per heavy atom. The molecule has 3 rings (SSSR count). The van der Waals surface area contributed by atoms with E-state index in [1.165, 1.54) is 23.1 Å². The van der Waals surface area contributed by atoms with E-state index in [4.69, 9.17) is 27.9 Å². The molecule has 3 aromatic rings. The van der Waals surface area contributed by atoms with Crippen molar-refractivity contribution in [1.82, 2.24) is 10.2 Å². The molecule has 0 saturated heterocycles. The maximum atomic E-state index is 12.4. The summed E-state index contributed by atoms with van der Waals surface area (Å²) in [6, 6.07) is 12.6. The number of benzene rings is 2. The number of nitrogens with one attached hydrogen (secondary N) is 2. The van der Waals surface area contributed by atoms with Gasteiger partial charge in [-0.05, 0) is 31.2 Å². The van der Waals surface area contributed by atoms with E-state index in [-0.39, 0.29) is 5.91 Å². The molecule has 28 heavy (non-hydrogen) atoms. The van der Waals surface area contributed by atoms with Gasteiger partial charge in [0.15, 0.2) is 4.34 Å². The molecule has 0 aliphatic rings. The van der Waals surface area contributed by atoms with Crippen molar-refractivity contribution < 1.29 is 9.53 Å². The molecule has 10 heteroatoms. The maximum Gasteiger partial charge on any atom is 0.237 e. The summed E-state index contributed by atoms with van der Waals surface area (Å²) in [6.07, 6.45) is 0. The number of ether oxygens (including phenoxy) is 1. The molecule has 2 aromatic carbocycles. The highest BCUT2D eigenvalue weighted by Gasteiger charge is 2.19. The Labute approximate surface area is 180 Å². The van der Waals surface area contributed by atoms with E-state index in [1.807, 2.05) is 24.3 Å². The lowest BCUT2D eigenvalue weighted by Gasteiger charge is -2.12. The van der Waals surface area contributed by atoms with E-state index in [0.29, 0.717) is 25.2 Å². The Hall–Kier alpha value is -2.00. The third-order valence-corrected chi connectivity index (χ3v) is 6.43. The molecule has 1 heterocycles. The van der Waals surface area contributed by atoms with Crippen LogP contribution in [-0.2, 0) is 4.79 Å². The minimum Gasteiger partial charge on any atom is -0.497 e. The summed E-state index contributed by atoms with van der Waals surface area (Å²) in [4.78, 5) is 12.4. The molecule has 1 unspecified atom stereocenters. The fourth-order valence-electron chi connectivity index (χ4n) is 2.17. The number of hydrogen-bond donors (Lipinski definition) is 2. The second-order valence-corrected chi connectivity index (χ2v) is 8.93. The van der Waals surface area contributed by atoms with Gasteiger partial charge < -0.3 is 15.4 Å². The van der Waals surface area contributed by atoms with Crippen LogP contribution in [0.2, 0.25) is 10.0 Å². The molecule has 0 saturated carbocycles. The van der Waals surface area contributed by atoms with Crippen molar-refractivity contribution in [2.24, 2.45) is 0 Å². The van der Waals surface area contributed by atoms with Crippen molar-refractivity contribution in [3.63, 3.8) is 0 Å². The van der Waals surface area contributed by atoms with Crippen LogP contribution in [0.3, 0.4) is 0 Å².